The van der Waals surface area contributed by atoms with Crippen molar-refractivity contribution in [3.05, 3.63) is 12.7 Å². The maximum atomic E-state index is 4.93. The fraction of sp³-hybridized carbons (Fsp3) is 0.600. The van der Waals surface area contributed by atoms with Crippen molar-refractivity contribution in [2.45, 2.75) is 12.5 Å². The van der Waals surface area contributed by atoms with E-state index in [0.717, 1.165) is 6.61 Å². The highest BCUT2D eigenvalue weighted by atomic mass is 16.6. The molecule has 0 aliphatic carbocycles. The maximum absolute atomic E-state index is 4.93. The number of hydrogen-bond acceptors (Lipinski definition) is 1. The summed E-state index contributed by atoms with van der Waals surface area (Å²) in [6.07, 6.45) is 1.83. The second-order valence-electron chi connectivity index (χ2n) is 1.81. The third-order valence-electron chi connectivity index (χ3n) is 1.03. The number of ether oxygens (including phenoxy) is 1. The monoisotopic (exact) mass is 84.1 g/mol. The molecule has 0 aromatic rings. The van der Waals surface area contributed by atoms with Gasteiger partial charge in [-0.25, -0.2) is 0 Å². The van der Waals surface area contributed by atoms with Gasteiger partial charge in [0.05, 0.1) is 6.61 Å². The summed E-state index contributed by atoms with van der Waals surface area (Å²) in [7, 11) is 0. The van der Waals surface area contributed by atoms with E-state index in [2.05, 4.69) is 6.58 Å². The molecule has 0 radical (unpaired) electrons. The summed E-state index contributed by atoms with van der Waals surface area (Å²) in [5, 5.41) is 0. The third kappa shape index (κ3) is 0.455. The van der Waals surface area contributed by atoms with Crippen LogP contribution in [-0.4, -0.2) is 12.2 Å². The zero-order valence-electron chi connectivity index (χ0n) is 3.90. The lowest BCUT2D eigenvalue weighted by atomic mass is 10.2. The molecule has 1 atom stereocenters. The molecule has 1 saturated heterocycles. The van der Waals surface area contributed by atoms with Crippen LogP contribution in [-0.2, 0) is 4.74 Å². The first kappa shape index (κ1) is 3.88. The molecule has 1 unspecified atom stereocenters. The van der Waals surface area contributed by atoms with Crippen molar-refractivity contribution < 1.29 is 4.74 Å². The number of epoxide rings is 1. The summed E-state index contributed by atoms with van der Waals surface area (Å²) in [5.74, 6) is 0. The van der Waals surface area contributed by atoms with Crippen molar-refractivity contribution in [1.29, 1.82) is 0 Å². The lowest BCUT2D eigenvalue weighted by Crippen LogP contribution is -1.94. The summed E-state index contributed by atoms with van der Waals surface area (Å²) >= 11 is 0. The van der Waals surface area contributed by atoms with Crippen molar-refractivity contribution in [1.82, 2.24) is 0 Å². The van der Waals surface area contributed by atoms with Crippen molar-refractivity contribution in [3.8, 4) is 0 Å². The Hall–Kier alpha value is -0.300. The van der Waals surface area contributed by atoms with Crippen LogP contribution in [0.3, 0.4) is 0 Å². The van der Waals surface area contributed by atoms with E-state index in [1.54, 1.807) is 0 Å². The summed E-state index contributed by atoms with van der Waals surface area (Å²) in [5.41, 5.74) is 0.0556. The molecular formula is C5H8O. The van der Waals surface area contributed by atoms with Crippen LogP contribution in [0.25, 0.3) is 0 Å². The van der Waals surface area contributed by atoms with E-state index in [1.807, 2.05) is 13.0 Å². The fourth-order valence-corrected chi connectivity index (χ4v) is 0.232. The standard InChI is InChI=1S/C5H8O/c1-3-5(2)4-6-5/h3H,1,4H2,2H3. The van der Waals surface area contributed by atoms with Crippen molar-refractivity contribution in [3.63, 3.8) is 0 Å². The Bertz CT molecular complexity index is 72.0. The van der Waals surface area contributed by atoms with E-state index in [1.165, 1.54) is 0 Å². The molecule has 0 saturated carbocycles. The van der Waals surface area contributed by atoms with Crippen LogP contribution in [0, 0.1) is 0 Å². The Balaban J connectivity index is 2.47. The molecule has 0 N–H and O–H groups in total. The van der Waals surface area contributed by atoms with Crippen LogP contribution in [0.2, 0.25) is 0 Å². The summed E-state index contributed by atoms with van der Waals surface area (Å²) < 4.78 is 4.93. The Labute approximate surface area is 37.6 Å². The van der Waals surface area contributed by atoms with Gasteiger partial charge >= 0.3 is 0 Å². The summed E-state index contributed by atoms with van der Waals surface area (Å²) in [6, 6.07) is 0. The minimum atomic E-state index is 0.0556. The van der Waals surface area contributed by atoms with Gasteiger partial charge in [-0.1, -0.05) is 6.08 Å². The predicted molar refractivity (Wildman–Crippen MR) is 24.6 cm³/mol. The van der Waals surface area contributed by atoms with E-state index in [0.29, 0.717) is 0 Å². The van der Waals surface area contributed by atoms with Crippen LogP contribution in [0.5, 0.6) is 0 Å². The van der Waals surface area contributed by atoms with Gasteiger partial charge in [0.1, 0.15) is 5.60 Å². The molecule has 0 bridgehead atoms. The average Bonchev–Trinajstić information content (AvgIpc) is 2.22. The predicted octanol–water partition coefficient (Wildman–Crippen LogP) is 0.961. The van der Waals surface area contributed by atoms with Crippen LogP contribution in [0.15, 0.2) is 12.7 Å². The van der Waals surface area contributed by atoms with Crippen LogP contribution in [0.1, 0.15) is 6.92 Å². The van der Waals surface area contributed by atoms with E-state index >= 15 is 0 Å². The van der Waals surface area contributed by atoms with E-state index < -0.39 is 0 Å². The van der Waals surface area contributed by atoms with Gasteiger partial charge in [0.2, 0.25) is 0 Å². The first-order valence-electron chi connectivity index (χ1n) is 2.04. The highest BCUT2D eigenvalue weighted by molar-refractivity contribution is 5.02. The van der Waals surface area contributed by atoms with E-state index in [9.17, 15) is 0 Å². The molecular weight excluding hydrogens is 76.1 g/mol. The average molecular weight is 84.1 g/mol. The first-order valence-corrected chi connectivity index (χ1v) is 2.04. The molecule has 1 heterocycles. The minimum Gasteiger partial charge on any atom is -0.365 e. The fourth-order valence-electron chi connectivity index (χ4n) is 0.232. The van der Waals surface area contributed by atoms with Crippen molar-refractivity contribution >= 4 is 0 Å². The van der Waals surface area contributed by atoms with Gasteiger partial charge in [-0.05, 0) is 6.92 Å². The zero-order valence-corrected chi connectivity index (χ0v) is 3.90. The van der Waals surface area contributed by atoms with Gasteiger partial charge < -0.3 is 4.74 Å². The Kier molecular flexibility index (Phi) is 0.549. The number of rotatable bonds is 1. The van der Waals surface area contributed by atoms with Gasteiger partial charge in [0.15, 0.2) is 0 Å². The molecule has 0 aromatic carbocycles. The SMILES string of the molecule is C=CC1(C)CO1. The van der Waals surface area contributed by atoms with E-state index in [4.69, 9.17) is 4.74 Å². The van der Waals surface area contributed by atoms with Gasteiger partial charge in [-0.15, -0.1) is 6.58 Å². The highest BCUT2D eigenvalue weighted by Gasteiger charge is 2.34. The second kappa shape index (κ2) is 0.850. The molecule has 0 amide bonds. The van der Waals surface area contributed by atoms with Gasteiger partial charge in [0, 0.05) is 0 Å². The summed E-state index contributed by atoms with van der Waals surface area (Å²) in [6.45, 7) is 6.44. The van der Waals surface area contributed by atoms with Crippen molar-refractivity contribution in [2.75, 3.05) is 6.61 Å². The maximum Gasteiger partial charge on any atom is 0.107 e. The van der Waals surface area contributed by atoms with Gasteiger partial charge in [-0.2, -0.15) is 0 Å². The zero-order chi connectivity index (χ0) is 4.62. The third-order valence-corrected chi connectivity index (χ3v) is 1.03. The van der Waals surface area contributed by atoms with Gasteiger partial charge in [-0.3, -0.25) is 0 Å². The Morgan fingerprint density at radius 3 is 2.50 bits per heavy atom. The molecule has 1 heteroatoms. The molecule has 0 spiro atoms. The summed E-state index contributed by atoms with van der Waals surface area (Å²) in [4.78, 5) is 0. The normalized spacial score (nSPS) is 42.2. The topological polar surface area (TPSA) is 12.5 Å². The lowest BCUT2D eigenvalue weighted by Gasteiger charge is -1.86. The first-order chi connectivity index (χ1) is 2.77. The molecule has 1 aliphatic heterocycles. The van der Waals surface area contributed by atoms with Gasteiger partial charge in [0.25, 0.3) is 0 Å². The molecule has 6 heavy (non-hydrogen) atoms. The lowest BCUT2D eigenvalue weighted by molar-refractivity contribution is 0.370. The second-order valence-corrected chi connectivity index (χ2v) is 1.81. The van der Waals surface area contributed by atoms with Crippen LogP contribution >= 0.6 is 0 Å². The highest BCUT2D eigenvalue weighted by Crippen LogP contribution is 2.25. The molecule has 0 aromatic heterocycles. The molecule has 1 aliphatic rings. The van der Waals surface area contributed by atoms with Crippen LogP contribution < -0.4 is 0 Å². The quantitative estimate of drug-likeness (QED) is 0.340. The smallest absolute Gasteiger partial charge is 0.107 e. The van der Waals surface area contributed by atoms with Crippen molar-refractivity contribution in [2.24, 2.45) is 0 Å². The van der Waals surface area contributed by atoms with Crippen LogP contribution in [0.4, 0.5) is 0 Å². The molecule has 1 nitrogen and oxygen atoms in total. The molecule has 1 fully saturated rings. The minimum absolute atomic E-state index is 0.0556. The molecule has 34 valence electrons. The number of hydrogen-bond donors (Lipinski definition) is 0. The Morgan fingerprint density at radius 2 is 2.50 bits per heavy atom. The largest absolute Gasteiger partial charge is 0.365 e. The van der Waals surface area contributed by atoms with E-state index in [-0.39, 0.29) is 5.60 Å². The Morgan fingerprint density at radius 1 is 2.00 bits per heavy atom. The molecule has 1 rings (SSSR count).